The van der Waals surface area contributed by atoms with Crippen LogP contribution in [0.1, 0.15) is 85.3 Å². The van der Waals surface area contributed by atoms with Gasteiger partial charge in [-0.05, 0) is 49.4 Å². The number of nitrogens with one attached hydrogen (secondary N) is 1. The third-order valence-electron chi connectivity index (χ3n) is 8.40. The summed E-state index contributed by atoms with van der Waals surface area (Å²) in [6.07, 6.45) is 3.19. The van der Waals surface area contributed by atoms with Crippen LogP contribution < -0.4 is 10.2 Å². The van der Waals surface area contributed by atoms with E-state index in [9.17, 15) is 14.4 Å². The predicted octanol–water partition coefficient (Wildman–Crippen LogP) is 7.81. The lowest BCUT2D eigenvalue weighted by Crippen LogP contribution is -2.45. The van der Waals surface area contributed by atoms with Gasteiger partial charge in [0, 0.05) is 42.5 Å². The van der Waals surface area contributed by atoms with Gasteiger partial charge in [0.05, 0.1) is 21.4 Å². The molecular weight excluding hydrogens is 682 g/mol. The van der Waals surface area contributed by atoms with Crippen molar-refractivity contribution in [3.63, 3.8) is 0 Å². The lowest BCUT2D eigenvalue weighted by molar-refractivity contribution is -0.143. The summed E-state index contributed by atoms with van der Waals surface area (Å²) in [4.78, 5) is 45.1. The summed E-state index contributed by atoms with van der Waals surface area (Å²) in [6.45, 7) is 6.31. The third kappa shape index (κ3) is 7.30. The summed E-state index contributed by atoms with van der Waals surface area (Å²) in [5.74, 6) is -1.55. The Balaban J connectivity index is 1.15. The van der Waals surface area contributed by atoms with E-state index in [1.165, 1.54) is 11.3 Å². The van der Waals surface area contributed by atoms with Gasteiger partial charge >= 0.3 is 11.9 Å². The minimum absolute atomic E-state index is 0.0392. The highest BCUT2D eigenvalue weighted by Gasteiger charge is 2.39. The van der Waals surface area contributed by atoms with Crippen molar-refractivity contribution in [2.75, 3.05) is 24.6 Å². The Hall–Kier alpha value is -3.74. The standard InChI is InChI=1S/C34H35Cl2FN4O6S/c1-4-20-14-21(46-33(44)28-30(40-47-31(28)18-8-9-18)27-22(35)6-5-7-23(27)36)10-11-41(20)34-39-29-24(37)12-19(13-25(29)48-34)32(43)38-15-26(42)45-16-17(2)3/h5-7,12-13,17-18,20-21H,4,8-11,14-16H2,1-3H3,(H,38,43)/t20-,21-/m1/s1. The Bertz CT molecular complexity index is 1840. The molecule has 0 spiro atoms. The molecule has 2 fully saturated rings. The summed E-state index contributed by atoms with van der Waals surface area (Å²) in [5, 5.41) is 8.02. The number of halogens is 3. The van der Waals surface area contributed by atoms with Crippen LogP contribution in [0, 0.1) is 11.7 Å². The Morgan fingerprint density at radius 3 is 2.60 bits per heavy atom. The number of piperidine rings is 1. The fraction of sp³-hybridized carbons (Fsp3) is 0.441. The fourth-order valence-electron chi connectivity index (χ4n) is 5.79. The van der Waals surface area contributed by atoms with Gasteiger partial charge in [-0.3, -0.25) is 9.59 Å². The van der Waals surface area contributed by atoms with Crippen LogP contribution >= 0.6 is 34.5 Å². The number of fused-ring (bicyclic) bond motifs is 1. The van der Waals surface area contributed by atoms with Crippen molar-refractivity contribution in [2.45, 2.75) is 70.9 Å². The molecule has 48 heavy (non-hydrogen) atoms. The summed E-state index contributed by atoms with van der Waals surface area (Å²) in [7, 11) is 0. The number of thiazole rings is 1. The van der Waals surface area contributed by atoms with E-state index in [0.29, 0.717) is 50.6 Å². The van der Waals surface area contributed by atoms with Crippen LogP contribution in [0.2, 0.25) is 10.0 Å². The van der Waals surface area contributed by atoms with E-state index in [2.05, 4.69) is 20.4 Å². The van der Waals surface area contributed by atoms with E-state index in [0.717, 1.165) is 25.3 Å². The monoisotopic (exact) mass is 716 g/mol. The van der Waals surface area contributed by atoms with E-state index in [1.54, 1.807) is 24.3 Å². The van der Waals surface area contributed by atoms with Crippen molar-refractivity contribution < 1.29 is 32.8 Å². The molecule has 1 amide bonds. The Labute approximate surface area is 290 Å². The number of hydrogen-bond acceptors (Lipinski definition) is 10. The second kappa shape index (κ2) is 14.4. The van der Waals surface area contributed by atoms with E-state index in [1.807, 2.05) is 20.8 Å². The maximum Gasteiger partial charge on any atom is 0.344 e. The van der Waals surface area contributed by atoms with Gasteiger partial charge in [-0.15, -0.1) is 0 Å². The first-order valence-electron chi connectivity index (χ1n) is 16.0. The zero-order valence-corrected chi connectivity index (χ0v) is 29.0. The topological polar surface area (TPSA) is 124 Å². The highest BCUT2D eigenvalue weighted by atomic mass is 35.5. The molecule has 1 N–H and O–H groups in total. The van der Waals surface area contributed by atoms with Gasteiger partial charge in [0.1, 0.15) is 29.4 Å². The van der Waals surface area contributed by atoms with Crippen LogP contribution in [-0.2, 0) is 14.3 Å². The number of ether oxygens (including phenoxy) is 2. The lowest BCUT2D eigenvalue weighted by Gasteiger charge is -2.38. The molecule has 2 aliphatic rings. The Kier molecular flexibility index (Phi) is 10.2. The smallest absolute Gasteiger partial charge is 0.344 e. The summed E-state index contributed by atoms with van der Waals surface area (Å²) in [5.41, 5.74) is 1.21. The molecule has 14 heteroatoms. The van der Waals surface area contributed by atoms with Crippen LogP contribution in [0.15, 0.2) is 34.9 Å². The average Bonchev–Trinajstić information content (AvgIpc) is 3.66. The van der Waals surface area contributed by atoms with E-state index in [4.69, 9.17) is 37.2 Å². The molecule has 1 aliphatic heterocycles. The molecule has 3 heterocycles. The molecule has 0 bridgehead atoms. The lowest BCUT2D eigenvalue weighted by atomic mass is 9.97. The van der Waals surface area contributed by atoms with E-state index in [-0.39, 0.29) is 59.5 Å². The maximum absolute atomic E-state index is 15.2. The molecule has 4 aromatic rings. The first-order chi connectivity index (χ1) is 23.0. The number of anilines is 1. The molecule has 6 rings (SSSR count). The molecule has 10 nitrogen and oxygen atoms in total. The van der Waals surface area contributed by atoms with Crippen molar-refractivity contribution >= 4 is 67.7 Å². The number of benzene rings is 2. The number of aromatic nitrogens is 2. The molecule has 1 saturated carbocycles. The van der Waals surface area contributed by atoms with Gasteiger partial charge in [-0.25, -0.2) is 14.2 Å². The second-order valence-electron chi connectivity index (χ2n) is 12.5. The Morgan fingerprint density at radius 2 is 1.92 bits per heavy atom. The number of carbonyl (C=O) groups excluding carboxylic acids is 3. The zero-order chi connectivity index (χ0) is 34.1. The minimum Gasteiger partial charge on any atom is -0.464 e. The van der Waals surface area contributed by atoms with Crippen LogP contribution in [0.3, 0.4) is 0 Å². The highest BCUT2D eigenvalue weighted by molar-refractivity contribution is 7.22. The SMILES string of the molecule is CC[C@@H]1C[C@H](OC(=O)c2c(-c3c(Cl)cccc3Cl)noc2C2CC2)CCN1c1nc2c(F)cc(C(=O)NCC(=O)OCC(C)C)cc2s1. The van der Waals surface area contributed by atoms with Crippen molar-refractivity contribution in [2.24, 2.45) is 5.92 Å². The van der Waals surface area contributed by atoms with E-state index >= 15 is 4.39 Å². The number of esters is 2. The minimum atomic E-state index is -0.631. The second-order valence-corrected chi connectivity index (χ2v) is 14.3. The van der Waals surface area contributed by atoms with Crippen LogP contribution in [-0.4, -0.2) is 59.8 Å². The average molecular weight is 718 g/mol. The van der Waals surface area contributed by atoms with Crippen LogP contribution in [0.5, 0.6) is 0 Å². The predicted molar refractivity (Wildman–Crippen MR) is 182 cm³/mol. The number of hydrogen-bond donors (Lipinski definition) is 1. The summed E-state index contributed by atoms with van der Waals surface area (Å²) < 4.78 is 32.5. The van der Waals surface area contributed by atoms with Gasteiger partial charge < -0.3 is 24.2 Å². The first-order valence-corrected chi connectivity index (χ1v) is 17.6. The molecule has 2 aromatic heterocycles. The number of nitrogens with zero attached hydrogens (tertiary/aromatic N) is 3. The van der Waals surface area contributed by atoms with Gasteiger partial charge in [0.25, 0.3) is 5.91 Å². The quantitative estimate of drug-likeness (QED) is 0.155. The van der Waals surface area contributed by atoms with Crippen molar-refractivity contribution in [3.8, 4) is 11.3 Å². The summed E-state index contributed by atoms with van der Waals surface area (Å²) >= 11 is 14.2. The van der Waals surface area contributed by atoms with Gasteiger partial charge in [-0.2, -0.15) is 0 Å². The molecule has 254 valence electrons. The highest BCUT2D eigenvalue weighted by Crippen LogP contribution is 2.46. The Morgan fingerprint density at radius 1 is 1.17 bits per heavy atom. The zero-order valence-electron chi connectivity index (χ0n) is 26.7. The molecule has 1 saturated heterocycles. The van der Waals surface area contributed by atoms with Crippen molar-refractivity contribution in [1.82, 2.24) is 15.5 Å². The van der Waals surface area contributed by atoms with Crippen molar-refractivity contribution in [1.29, 1.82) is 0 Å². The van der Waals surface area contributed by atoms with Gasteiger partial charge in [0.15, 0.2) is 16.7 Å². The van der Waals surface area contributed by atoms with Crippen LogP contribution in [0.25, 0.3) is 21.5 Å². The van der Waals surface area contributed by atoms with Crippen molar-refractivity contribution in [3.05, 3.63) is 63.1 Å². The molecule has 0 unspecified atom stereocenters. The summed E-state index contributed by atoms with van der Waals surface area (Å²) in [6, 6.07) is 7.74. The van der Waals surface area contributed by atoms with Gasteiger partial charge in [0.2, 0.25) is 0 Å². The van der Waals surface area contributed by atoms with E-state index < -0.39 is 23.7 Å². The molecule has 1 aliphatic carbocycles. The maximum atomic E-state index is 15.2. The fourth-order valence-corrected chi connectivity index (χ4v) is 7.48. The molecule has 0 radical (unpaired) electrons. The molecule has 2 atom stereocenters. The largest absolute Gasteiger partial charge is 0.464 e. The number of amides is 1. The van der Waals surface area contributed by atoms with Crippen LogP contribution in [0.4, 0.5) is 9.52 Å². The van der Waals surface area contributed by atoms with Gasteiger partial charge in [-0.1, -0.05) is 66.5 Å². The normalized spacial score (nSPS) is 17.9. The third-order valence-corrected chi connectivity index (χ3v) is 10.1. The number of carbonyl (C=O) groups is 3. The molecule has 2 aromatic carbocycles. The number of rotatable bonds is 11. The first kappa shape index (κ1) is 34.1. The molecular formula is C34H35Cl2FN4O6S.